The number of H-pyrrole nitrogens is 1. The molecule has 2 heterocycles. The van der Waals surface area contributed by atoms with Crippen molar-refractivity contribution in [3.8, 4) is 0 Å². The summed E-state index contributed by atoms with van der Waals surface area (Å²) in [5.74, 6) is 0. The fourth-order valence-electron chi connectivity index (χ4n) is 4.20. The van der Waals surface area contributed by atoms with Crippen LogP contribution in [-0.4, -0.2) is 33.0 Å². The quantitative estimate of drug-likeness (QED) is 0.350. The molecule has 1 N–H and O–H groups in total. The third-order valence-electron chi connectivity index (χ3n) is 6.02. The monoisotopic (exact) mass is 504 g/mol. The van der Waals surface area contributed by atoms with Crippen molar-refractivity contribution in [2.45, 2.75) is 31.7 Å². The van der Waals surface area contributed by atoms with Crippen LogP contribution in [0.3, 0.4) is 0 Å². The van der Waals surface area contributed by atoms with E-state index >= 15 is 0 Å². The van der Waals surface area contributed by atoms with E-state index in [0.717, 1.165) is 39.3 Å². The van der Waals surface area contributed by atoms with Crippen molar-refractivity contribution in [3.05, 3.63) is 99.3 Å². The maximum absolute atomic E-state index is 13.9. The van der Waals surface area contributed by atoms with Gasteiger partial charge in [0.1, 0.15) is 15.9 Å². The number of nitrogens with zero attached hydrogens (tertiary/aromatic N) is 3. The molecular formula is C26H24N4O3S2. The average Bonchev–Trinajstić information content (AvgIpc) is 3.31. The lowest BCUT2D eigenvalue weighted by Crippen LogP contribution is -2.34. The number of aromatic nitrogens is 3. The molecule has 5 aromatic rings. The lowest BCUT2D eigenvalue weighted by Gasteiger charge is -2.22. The predicted molar refractivity (Wildman–Crippen MR) is 139 cm³/mol. The zero-order valence-corrected chi connectivity index (χ0v) is 21.0. The second-order valence-electron chi connectivity index (χ2n) is 8.68. The van der Waals surface area contributed by atoms with Gasteiger partial charge >= 0.3 is 0 Å². The molecule has 0 aliphatic carbocycles. The summed E-state index contributed by atoms with van der Waals surface area (Å²) in [5.41, 5.74) is 4.87. The van der Waals surface area contributed by atoms with Crippen LogP contribution in [0, 0.1) is 13.8 Å². The van der Waals surface area contributed by atoms with E-state index in [9.17, 15) is 13.2 Å². The molecule has 2 aromatic heterocycles. The van der Waals surface area contributed by atoms with Gasteiger partial charge < -0.3 is 4.98 Å². The lowest BCUT2D eigenvalue weighted by molar-refractivity contribution is 0.408. The molecule has 178 valence electrons. The summed E-state index contributed by atoms with van der Waals surface area (Å²) in [6, 6.07) is 20.5. The number of sulfonamides is 1. The van der Waals surface area contributed by atoms with Gasteiger partial charge in [-0.25, -0.2) is 8.42 Å². The summed E-state index contributed by atoms with van der Waals surface area (Å²) in [6.07, 6.45) is 0.511. The number of aromatic amines is 1. The van der Waals surface area contributed by atoms with Gasteiger partial charge in [0, 0.05) is 24.2 Å². The molecule has 0 saturated carbocycles. The molecule has 0 bridgehead atoms. The number of pyridine rings is 1. The lowest BCUT2D eigenvalue weighted by atomic mass is 10.1. The van der Waals surface area contributed by atoms with Gasteiger partial charge in [0.25, 0.3) is 5.56 Å². The number of nitrogens with one attached hydrogen (secondary N) is 1. The van der Waals surface area contributed by atoms with Gasteiger partial charge in [0.05, 0.1) is 11.7 Å². The molecule has 0 amide bonds. The van der Waals surface area contributed by atoms with Crippen molar-refractivity contribution < 1.29 is 8.42 Å². The molecule has 0 unspecified atom stereocenters. The highest BCUT2D eigenvalue weighted by atomic mass is 32.2. The smallest absolute Gasteiger partial charge is 0.252 e. The van der Waals surface area contributed by atoms with Gasteiger partial charge in [-0.1, -0.05) is 48.0 Å². The Morgan fingerprint density at radius 3 is 2.57 bits per heavy atom. The number of fused-ring (bicyclic) bond motifs is 2. The molecule has 35 heavy (non-hydrogen) atoms. The molecule has 0 fully saturated rings. The van der Waals surface area contributed by atoms with E-state index in [0.29, 0.717) is 23.0 Å². The third kappa shape index (κ3) is 4.75. The normalized spacial score (nSPS) is 12.1. The highest BCUT2D eigenvalue weighted by Gasteiger charge is 2.28. The van der Waals surface area contributed by atoms with Crippen LogP contribution in [-0.2, 0) is 23.0 Å². The van der Waals surface area contributed by atoms with E-state index in [2.05, 4.69) is 13.7 Å². The van der Waals surface area contributed by atoms with Crippen LogP contribution in [0.25, 0.3) is 21.9 Å². The summed E-state index contributed by atoms with van der Waals surface area (Å²) in [7, 11) is -3.97. The van der Waals surface area contributed by atoms with E-state index in [-0.39, 0.29) is 23.5 Å². The minimum Gasteiger partial charge on any atom is -0.322 e. The molecule has 5 rings (SSSR count). The van der Waals surface area contributed by atoms with Crippen LogP contribution < -0.4 is 5.56 Å². The zero-order valence-electron chi connectivity index (χ0n) is 19.4. The molecular weight excluding hydrogens is 480 g/mol. The number of hydrogen-bond donors (Lipinski definition) is 1. The summed E-state index contributed by atoms with van der Waals surface area (Å²) in [4.78, 5) is 15.9. The Morgan fingerprint density at radius 1 is 0.943 bits per heavy atom. The van der Waals surface area contributed by atoms with Gasteiger partial charge in [-0.15, -0.1) is 0 Å². The Bertz CT molecular complexity index is 1710. The number of benzene rings is 3. The van der Waals surface area contributed by atoms with E-state index in [1.165, 1.54) is 4.31 Å². The van der Waals surface area contributed by atoms with Crippen LogP contribution >= 0.6 is 11.7 Å². The Balaban J connectivity index is 1.56. The minimum atomic E-state index is -3.97. The Morgan fingerprint density at radius 2 is 1.74 bits per heavy atom. The number of rotatable bonds is 7. The second-order valence-corrected chi connectivity index (χ2v) is 11.1. The first kappa shape index (κ1) is 23.3. The van der Waals surface area contributed by atoms with Crippen molar-refractivity contribution in [1.82, 2.24) is 18.0 Å². The van der Waals surface area contributed by atoms with Crippen molar-refractivity contribution in [1.29, 1.82) is 0 Å². The molecule has 0 saturated heterocycles. The zero-order chi connectivity index (χ0) is 24.6. The maximum Gasteiger partial charge on any atom is 0.252 e. The molecule has 0 atom stereocenters. The van der Waals surface area contributed by atoms with E-state index < -0.39 is 10.0 Å². The van der Waals surface area contributed by atoms with Crippen molar-refractivity contribution in [2.75, 3.05) is 6.54 Å². The summed E-state index contributed by atoms with van der Waals surface area (Å²) >= 11 is 0.978. The van der Waals surface area contributed by atoms with Crippen molar-refractivity contribution in [2.24, 2.45) is 0 Å². The van der Waals surface area contributed by atoms with Gasteiger partial charge in [-0.05, 0) is 61.0 Å². The largest absolute Gasteiger partial charge is 0.322 e. The van der Waals surface area contributed by atoms with Gasteiger partial charge in [-0.3, -0.25) is 4.79 Å². The molecule has 0 aliphatic rings. The Hall–Kier alpha value is -3.40. The Labute approximate surface area is 207 Å². The predicted octanol–water partition coefficient (Wildman–Crippen LogP) is 4.58. The minimum absolute atomic E-state index is 0.0543. The van der Waals surface area contributed by atoms with Gasteiger partial charge in [-0.2, -0.15) is 13.1 Å². The highest BCUT2D eigenvalue weighted by molar-refractivity contribution is 7.89. The van der Waals surface area contributed by atoms with Crippen LogP contribution in [0.4, 0.5) is 0 Å². The molecule has 0 radical (unpaired) electrons. The Kier molecular flexibility index (Phi) is 6.22. The van der Waals surface area contributed by atoms with Crippen LogP contribution in [0.2, 0.25) is 0 Å². The average molecular weight is 505 g/mol. The van der Waals surface area contributed by atoms with Crippen molar-refractivity contribution in [3.63, 3.8) is 0 Å². The first-order valence-electron chi connectivity index (χ1n) is 11.2. The molecule has 0 spiro atoms. The first-order chi connectivity index (χ1) is 16.8. The fraction of sp³-hybridized carbons (Fsp3) is 0.192. The maximum atomic E-state index is 13.9. The van der Waals surface area contributed by atoms with E-state index in [1.807, 2.05) is 56.3 Å². The third-order valence-corrected chi connectivity index (χ3v) is 8.44. The standard InChI is InChI=1S/C26H24N4O3S2/c1-17-5-3-6-19(13-17)11-12-30(35(32,33)24-8-4-7-22-25(24)29-34-28-22)16-21-15-20-10-9-18(2)14-23(20)27-26(21)31/h3-10,13-15H,11-12,16H2,1-2H3,(H,27,31). The summed E-state index contributed by atoms with van der Waals surface area (Å²) in [6.45, 7) is 4.12. The number of hydrogen-bond acceptors (Lipinski definition) is 6. The molecule has 0 aliphatic heterocycles. The van der Waals surface area contributed by atoms with E-state index in [1.54, 1.807) is 24.3 Å². The highest BCUT2D eigenvalue weighted by Crippen LogP contribution is 2.26. The van der Waals surface area contributed by atoms with Crippen molar-refractivity contribution >= 4 is 43.7 Å². The van der Waals surface area contributed by atoms with Crippen LogP contribution in [0.1, 0.15) is 22.3 Å². The molecule has 9 heteroatoms. The second kappa shape index (κ2) is 9.33. The van der Waals surface area contributed by atoms with Crippen LogP contribution in [0.5, 0.6) is 0 Å². The summed E-state index contributed by atoms with van der Waals surface area (Å²) < 4.78 is 37.6. The van der Waals surface area contributed by atoms with Gasteiger partial charge in [0.15, 0.2) is 0 Å². The van der Waals surface area contributed by atoms with Crippen LogP contribution in [0.15, 0.2) is 76.4 Å². The van der Waals surface area contributed by atoms with E-state index in [4.69, 9.17) is 0 Å². The first-order valence-corrected chi connectivity index (χ1v) is 13.4. The van der Waals surface area contributed by atoms with Gasteiger partial charge in [0.2, 0.25) is 10.0 Å². The molecule has 3 aromatic carbocycles. The summed E-state index contributed by atoms with van der Waals surface area (Å²) in [5, 5.41) is 0.854. The molecule has 7 nitrogen and oxygen atoms in total. The topological polar surface area (TPSA) is 96.0 Å². The SMILES string of the molecule is Cc1cccc(CCN(Cc2cc3ccc(C)cc3[nH]c2=O)S(=O)(=O)c2cccc3nsnc23)c1. The number of aryl methyl sites for hydroxylation is 2. The fourth-order valence-corrected chi connectivity index (χ4v) is 6.37.